The smallest absolute Gasteiger partial charge is 0.329 e. The van der Waals surface area contributed by atoms with Crippen LogP contribution < -0.4 is 20.7 Å². The van der Waals surface area contributed by atoms with E-state index in [1.54, 1.807) is 65.8 Å². The molecule has 0 radical (unpaired) electrons. The molecule has 2 aliphatic heterocycles. The Morgan fingerprint density at radius 3 is 2.02 bits per heavy atom. The van der Waals surface area contributed by atoms with Crippen molar-refractivity contribution in [2.45, 2.75) is 208 Å². The summed E-state index contributed by atoms with van der Waals surface area (Å²) in [6, 6.07) is -1.73. The second-order valence-corrected chi connectivity index (χ2v) is 23.1. The van der Waals surface area contributed by atoms with Crippen LogP contribution in [0.1, 0.15) is 147 Å². The molecule has 22 heteroatoms. The number of esters is 2. The summed E-state index contributed by atoms with van der Waals surface area (Å²) in [4.78, 5) is 160. The van der Waals surface area contributed by atoms with Crippen LogP contribution in [0.4, 0.5) is 0 Å². The minimum absolute atomic E-state index is 0.0620. The lowest BCUT2D eigenvalue weighted by atomic mass is 9.91. The molecule has 7 amide bonds. The lowest BCUT2D eigenvalue weighted by Crippen LogP contribution is -2.60. The Balaban J connectivity index is 2.27. The zero-order valence-electron chi connectivity index (χ0n) is 50.7. The van der Waals surface area contributed by atoms with Crippen LogP contribution in [0.25, 0.3) is 0 Å². The van der Waals surface area contributed by atoms with Crippen LogP contribution in [-0.2, 0) is 68.6 Å². The number of carbonyl (C=O) groups is 11. The average molecular weight is 1140 g/mol. The number of ether oxygens (including phenoxy) is 3. The third-order valence-corrected chi connectivity index (χ3v) is 15.5. The molecule has 0 spiro atoms. The zero-order chi connectivity index (χ0) is 61.3. The number of methoxy groups -OCH3 is 1. The first-order chi connectivity index (χ1) is 37.9. The van der Waals surface area contributed by atoms with Gasteiger partial charge in [-0.05, 0) is 94.2 Å². The number of Topliss-reactive ketones (excluding diaryl/α,β-unsaturated/α-hetero) is 2. The van der Waals surface area contributed by atoms with Crippen LogP contribution in [0.5, 0.6) is 5.75 Å². The molecule has 1 aromatic rings. The Hall–Kier alpha value is -6.45. The van der Waals surface area contributed by atoms with Gasteiger partial charge >= 0.3 is 11.9 Å². The van der Waals surface area contributed by atoms with Gasteiger partial charge in [0.05, 0.1) is 31.6 Å². The molecule has 12 atom stereocenters. The van der Waals surface area contributed by atoms with E-state index in [9.17, 15) is 57.8 Å². The molecule has 4 N–H and O–H groups in total. The summed E-state index contributed by atoms with van der Waals surface area (Å²) in [5, 5.41) is 20.1. The highest BCUT2D eigenvalue weighted by atomic mass is 16.6. The third kappa shape index (κ3) is 18.8. The van der Waals surface area contributed by atoms with E-state index in [-0.39, 0.29) is 57.0 Å². The first-order valence-electron chi connectivity index (χ1n) is 28.7. The van der Waals surface area contributed by atoms with Crippen molar-refractivity contribution in [3.63, 3.8) is 0 Å². The van der Waals surface area contributed by atoms with Gasteiger partial charge in [-0.3, -0.25) is 47.9 Å². The Morgan fingerprint density at radius 2 is 1.49 bits per heavy atom. The van der Waals surface area contributed by atoms with E-state index in [1.165, 1.54) is 54.7 Å². The molecule has 454 valence electrons. The summed E-state index contributed by atoms with van der Waals surface area (Å²) < 4.78 is 17.2. The topological polar surface area (TPSA) is 285 Å². The van der Waals surface area contributed by atoms with Gasteiger partial charge in [0, 0.05) is 53.0 Å². The second-order valence-electron chi connectivity index (χ2n) is 23.1. The van der Waals surface area contributed by atoms with E-state index < -0.39 is 156 Å². The van der Waals surface area contributed by atoms with Crippen LogP contribution in [0.2, 0.25) is 0 Å². The number of hydrogen-bond donors (Lipinski definition) is 4. The normalized spacial score (nSPS) is 25.3. The number of rotatable bonds is 19. The molecule has 2 saturated heterocycles. The molecular weight excluding hydrogens is 1050 g/mol. The summed E-state index contributed by atoms with van der Waals surface area (Å²) in [6.45, 7) is 21.6. The predicted molar refractivity (Wildman–Crippen MR) is 301 cm³/mol. The van der Waals surface area contributed by atoms with E-state index in [0.717, 1.165) is 6.92 Å². The van der Waals surface area contributed by atoms with Gasteiger partial charge in [-0.1, -0.05) is 80.9 Å². The lowest BCUT2D eigenvalue weighted by Gasteiger charge is -2.36. The number of ketones is 2. The predicted octanol–water partition coefficient (Wildman–Crippen LogP) is 3.55. The highest BCUT2D eigenvalue weighted by Gasteiger charge is 2.45. The SMILES string of the molecule is CCC(C)C1NC(=O)C(NC(=O)CC(CC(C)C)N(C)C(=O)C(CC)N(CC)C(=O)C(C)=O)C(C)OC(=O)C(Cc2ccc(OC)cc2)N(C)C(=O)C2CCCN2C(=O)C(CC(C)C)NC(=O)C(C)C(=O)C(C(C)C)OC(=O)CC1O. The molecule has 2 fully saturated rings. The molecule has 12 unspecified atom stereocenters. The third-order valence-electron chi connectivity index (χ3n) is 15.5. The Labute approximate surface area is 478 Å². The molecule has 0 bridgehead atoms. The maximum atomic E-state index is 14.9. The summed E-state index contributed by atoms with van der Waals surface area (Å²) in [5.41, 5.74) is 0.573. The molecule has 81 heavy (non-hydrogen) atoms. The number of carbonyl (C=O) groups excluding carboxylic acids is 11. The van der Waals surface area contributed by atoms with E-state index in [4.69, 9.17) is 14.2 Å². The van der Waals surface area contributed by atoms with Crippen LogP contribution >= 0.6 is 0 Å². The van der Waals surface area contributed by atoms with E-state index >= 15 is 0 Å². The number of aliphatic hydroxyl groups excluding tert-OH is 1. The number of nitrogens with zero attached hydrogens (tertiary/aromatic N) is 4. The van der Waals surface area contributed by atoms with Crippen LogP contribution in [0.3, 0.4) is 0 Å². The Kier molecular flexibility index (Phi) is 26.9. The zero-order valence-corrected chi connectivity index (χ0v) is 50.7. The van der Waals surface area contributed by atoms with Gasteiger partial charge < -0.3 is 54.9 Å². The molecule has 0 aromatic heterocycles. The van der Waals surface area contributed by atoms with Gasteiger partial charge in [0.25, 0.3) is 5.91 Å². The maximum Gasteiger partial charge on any atom is 0.329 e. The van der Waals surface area contributed by atoms with E-state index in [1.807, 2.05) is 27.7 Å². The summed E-state index contributed by atoms with van der Waals surface area (Å²) >= 11 is 0. The number of amides is 7. The quantitative estimate of drug-likeness (QED) is 0.0876. The lowest BCUT2D eigenvalue weighted by molar-refractivity contribution is -0.163. The van der Waals surface area contributed by atoms with Crippen molar-refractivity contribution in [1.82, 2.24) is 35.6 Å². The molecular formula is C59H93N7O15. The monoisotopic (exact) mass is 1140 g/mol. The Morgan fingerprint density at radius 1 is 0.864 bits per heavy atom. The van der Waals surface area contributed by atoms with Crippen molar-refractivity contribution in [3.05, 3.63) is 29.8 Å². The number of nitrogens with one attached hydrogen (secondary N) is 3. The molecule has 3 rings (SSSR count). The number of likely N-dealkylation sites (N-methyl/N-ethyl adjacent to an activating group) is 3. The molecule has 22 nitrogen and oxygen atoms in total. The van der Waals surface area contributed by atoms with Gasteiger partial charge in [0.15, 0.2) is 11.9 Å². The first-order valence-corrected chi connectivity index (χ1v) is 28.7. The van der Waals surface area contributed by atoms with Crippen LogP contribution in [-0.4, -0.2) is 184 Å². The Bertz CT molecular complexity index is 2380. The van der Waals surface area contributed by atoms with E-state index in [0.29, 0.717) is 24.2 Å². The average Bonchev–Trinajstić information content (AvgIpc) is 3.91. The van der Waals surface area contributed by atoms with Gasteiger partial charge in [-0.25, -0.2) is 4.79 Å². The molecule has 1 aromatic carbocycles. The fourth-order valence-corrected chi connectivity index (χ4v) is 10.5. The molecule has 0 aliphatic carbocycles. The summed E-state index contributed by atoms with van der Waals surface area (Å²) in [7, 11) is 4.38. The first kappa shape index (κ1) is 68.8. The van der Waals surface area contributed by atoms with Crippen molar-refractivity contribution in [1.29, 1.82) is 0 Å². The van der Waals surface area contributed by atoms with Crippen molar-refractivity contribution in [2.75, 3.05) is 34.3 Å². The van der Waals surface area contributed by atoms with Crippen molar-refractivity contribution in [2.24, 2.45) is 29.6 Å². The van der Waals surface area contributed by atoms with Gasteiger partial charge in [0.2, 0.25) is 41.2 Å². The summed E-state index contributed by atoms with van der Waals surface area (Å²) in [5.74, 6) is -10.9. The van der Waals surface area contributed by atoms with Crippen molar-refractivity contribution >= 4 is 64.9 Å². The highest BCUT2D eigenvalue weighted by molar-refractivity contribution is 6.35. The number of aliphatic hydroxyl groups is 1. The molecule has 2 heterocycles. The number of benzene rings is 1. The van der Waals surface area contributed by atoms with Gasteiger partial charge in [-0.2, -0.15) is 0 Å². The number of hydrogen-bond acceptors (Lipinski definition) is 15. The largest absolute Gasteiger partial charge is 0.497 e. The standard InChI is InChI=1S/C59H93N7O15/c1-17-35(10)49-46(68)31-48(70)81-52(34(8)9)51(71)36(11)53(72)60-42(28-33(6)7)56(75)66-26-20-21-44(66)58(77)64(15)45(29-39-22-24-41(79-16)25-23-39)59(78)80-38(13)50(54(73)62-49)61-47(69)30-40(27-32(4)5)63(14)57(76)43(18-2)65(19-3)55(74)37(12)67/h22-25,32-36,38,40,42-46,49-50,52,68H,17-21,26-31H2,1-16H3,(H,60,72)(H,61,69)(H,62,73). The fraction of sp³-hybridized carbons (Fsp3) is 0.712. The second kappa shape index (κ2) is 31.7. The van der Waals surface area contributed by atoms with Crippen LogP contribution in [0.15, 0.2) is 24.3 Å². The summed E-state index contributed by atoms with van der Waals surface area (Å²) in [6.07, 6.45) is -4.33. The highest BCUT2D eigenvalue weighted by Crippen LogP contribution is 2.27. The number of cyclic esters (lactones) is 2. The fourth-order valence-electron chi connectivity index (χ4n) is 10.5. The van der Waals surface area contributed by atoms with Gasteiger partial charge in [-0.15, -0.1) is 0 Å². The van der Waals surface area contributed by atoms with E-state index in [2.05, 4.69) is 16.0 Å². The van der Waals surface area contributed by atoms with Gasteiger partial charge in [0.1, 0.15) is 42.1 Å². The minimum atomic E-state index is -1.72. The van der Waals surface area contributed by atoms with Crippen LogP contribution in [0, 0.1) is 29.6 Å². The minimum Gasteiger partial charge on any atom is -0.497 e. The van der Waals surface area contributed by atoms with Crippen molar-refractivity contribution in [3.8, 4) is 5.75 Å². The maximum absolute atomic E-state index is 14.9. The van der Waals surface area contributed by atoms with Crippen molar-refractivity contribution < 1.29 is 72.1 Å². The number of fused-ring (bicyclic) bond motifs is 1. The molecule has 2 aliphatic rings. The molecule has 0 saturated carbocycles.